The second-order valence-electron chi connectivity index (χ2n) is 5.59. The van der Waals surface area contributed by atoms with Crippen molar-refractivity contribution in [3.8, 4) is 0 Å². The standard InChI is InChI=1S/C15H21N3O/c1-11(15(19)17-13-5-3-2-4-6-13)18-9-12-7-8-16-14(12)10-18/h2-6,11-12,14,16H,7-10H2,1H3,(H,17,19)/t11?,12-,14+/m0/s1. The number of likely N-dealkylation sites (tertiary alicyclic amines) is 1. The third-order valence-electron chi connectivity index (χ3n) is 4.36. The number of nitrogens with one attached hydrogen (secondary N) is 2. The molecule has 102 valence electrons. The van der Waals surface area contributed by atoms with Gasteiger partial charge in [-0.3, -0.25) is 9.69 Å². The number of nitrogens with zero attached hydrogens (tertiary/aromatic N) is 1. The first-order chi connectivity index (χ1) is 9.24. The number of amides is 1. The molecule has 3 atom stereocenters. The summed E-state index contributed by atoms with van der Waals surface area (Å²) in [6.45, 7) is 5.17. The molecule has 2 heterocycles. The van der Waals surface area contributed by atoms with Gasteiger partial charge in [-0.25, -0.2) is 0 Å². The van der Waals surface area contributed by atoms with E-state index in [0.717, 1.165) is 31.2 Å². The Labute approximate surface area is 114 Å². The monoisotopic (exact) mass is 259 g/mol. The molecule has 1 aromatic carbocycles. The Hall–Kier alpha value is -1.39. The van der Waals surface area contributed by atoms with Crippen molar-refractivity contribution in [1.82, 2.24) is 10.2 Å². The summed E-state index contributed by atoms with van der Waals surface area (Å²) in [5.41, 5.74) is 0.872. The minimum Gasteiger partial charge on any atom is -0.325 e. The van der Waals surface area contributed by atoms with Crippen LogP contribution in [0.15, 0.2) is 30.3 Å². The van der Waals surface area contributed by atoms with Crippen LogP contribution in [-0.4, -0.2) is 42.5 Å². The number of anilines is 1. The second kappa shape index (κ2) is 5.31. The Kier molecular flexibility index (Phi) is 3.53. The number of carbonyl (C=O) groups excluding carboxylic acids is 1. The van der Waals surface area contributed by atoms with Crippen molar-refractivity contribution in [2.45, 2.75) is 25.4 Å². The number of rotatable bonds is 3. The predicted molar refractivity (Wildman–Crippen MR) is 76.0 cm³/mol. The van der Waals surface area contributed by atoms with Crippen molar-refractivity contribution in [1.29, 1.82) is 0 Å². The van der Waals surface area contributed by atoms with Crippen LogP contribution in [0.5, 0.6) is 0 Å². The Morgan fingerprint density at radius 2 is 2.16 bits per heavy atom. The Morgan fingerprint density at radius 1 is 1.37 bits per heavy atom. The van der Waals surface area contributed by atoms with Gasteiger partial charge in [0.1, 0.15) is 0 Å². The van der Waals surface area contributed by atoms with Crippen molar-refractivity contribution in [2.75, 3.05) is 25.0 Å². The van der Waals surface area contributed by atoms with Crippen LogP contribution in [-0.2, 0) is 4.79 Å². The number of hydrogen-bond acceptors (Lipinski definition) is 3. The van der Waals surface area contributed by atoms with E-state index in [0.29, 0.717) is 6.04 Å². The van der Waals surface area contributed by atoms with E-state index in [9.17, 15) is 4.79 Å². The molecule has 1 unspecified atom stereocenters. The van der Waals surface area contributed by atoms with E-state index in [1.165, 1.54) is 6.42 Å². The summed E-state index contributed by atoms with van der Waals surface area (Å²) >= 11 is 0. The molecule has 19 heavy (non-hydrogen) atoms. The molecule has 4 nitrogen and oxygen atoms in total. The van der Waals surface area contributed by atoms with Gasteiger partial charge in [0.2, 0.25) is 5.91 Å². The zero-order valence-electron chi connectivity index (χ0n) is 11.3. The van der Waals surface area contributed by atoms with Crippen molar-refractivity contribution in [2.24, 2.45) is 5.92 Å². The summed E-state index contributed by atoms with van der Waals surface area (Å²) in [7, 11) is 0. The van der Waals surface area contributed by atoms with Gasteiger partial charge in [0, 0.05) is 24.8 Å². The van der Waals surface area contributed by atoms with E-state index in [-0.39, 0.29) is 11.9 Å². The fourth-order valence-electron chi connectivity index (χ4n) is 3.13. The molecular weight excluding hydrogens is 238 g/mol. The SMILES string of the molecule is CC(C(=O)Nc1ccccc1)N1C[C@@H]2CCN[C@@H]2C1. The lowest BCUT2D eigenvalue weighted by molar-refractivity contribution is -0.120. The zero-order valence-corrected chi connectivity index (χ0v) is 11.3. The first kappa shape index (κ1) is 12.6. The molecule has 1 amide bonds. The van der Waals surface area contributed by atoms with Crippen molar-refractivity contribution in [3.63, 3.8) is 0 Å². The highest BCUT2D eigenvalue weighted by Crippen LogP contribution is 2.26. The van der Waals surface area contributed by atoms with E-state index in [1.54, 1.807) is 0 Å². The summed E-state index contributed by atoms with van der Waals surface area (Å²) in [5.74, 6) is 0.818. The minimum atomic E-state index is -0.0624. The van der Waals surface area contributed by atoms with Gasteiger partial charge < -0.3 is 10.6 Å². The fourth-order valence-corrected chi connectivity index (χ4v) is 3.13. The number of carbonyl (C=O) groups is 1. The Bertz CT molecular complexity index is 436. The van der Waals surface area contributed by atoms with Crippen molar-refractivity contribution < 1.29 is 4.79 Å². The molecule has 0 spiro atoms. The maximum absolute atomic E-state index is 12.2. The number of fused-ring (bicyclic) bond motifs is 1. The first-order valence-corrected chi connectivity index (χ1v) is 7.07. The van der Waals surface area contributed by atoms with E-state index in [4.69, 9.17) is 0 Å². The molecule has 0 aromatic heterocycles. The lowest BCUT2D eigenvalue weighted by Gasteiger charge is -2.24. The van der Waals surface area contributed by atoms with Crippen LogP contribution in [0.4, 0.5) is 5.69 Å². The molecule has 2 aliphatic rings. The van der Waals surface area contributed by atoms with Crippen LogP contribution in [0, 0.1) is 5.92 Å². The molecule has 4 heteroatoms. The zero-order chi connectivity index (χ0) is 13.2. The van der Waals surface area contributed by atoms with Gasteiger partial charge in [-0.05, 0) is 37.9 Å². The average Bonchev–Trinajstić information content (AvgIpc) is 2.99. The van der Waals surface area contributed by atoms with E-state index in [2.05, 4.69) is 15.5 Å². The quantitative estimate of drug-likeness (QED) is 0.860. The fraction of sp³-hybridized carbons (Fsp3) is 0.533. The molecule has 2 saturated heterocycles. The molecule has 0 radical (unpaired) electrons. The highest BCUT2D eigenvalue weighted by molar-refractivity contribution is 5.94. The van der Waals surface area contributed by atoms with Crippen molar-refractivity contribution in [3.05, 3.63) is 30.3 Å². The molecule has 2 N–H and O–H groups in total. The van der Waals surface area contributed by atoms with Crippen LogP contribution in [0.2, 0.25) is 0 Å². The molecular formula is C15H21N3O. The van der Waals surface area contributed by atoms with Gasteiger partial charge >= 0.3 is 0 Å². The predicted octanol–water partition coefficient (Wildman–Crippen LogP) is 1.31. The Morgan fingerprint density at radius 3 is 2.89 bits per heavy atom. The summed E-state index contributed by atoms with van der Waals surface area (Å²) in [5, 5.41) is 6.50. The van der Waals surface area contributed by atoms with Crippen LogP contribution in [0.1, 0.15) is 13.3 Å². The number of hydrogen-bond donors (Lipinski definition) is 2. The highest BCUT2D eigenvalue weighted by Gasteiger charge is 2.39. The molecule has 2 aliphatic heterocycles. The van der Waals surface area contributed by atoms with Gasteiger partial charge in [-0.2, -0.15) is 0 Å². The summed E-state index contributed by atoms with van der Waals surface area (Å²) in [6, 6.07) is 10.2. The van der Waals surface area contributed by atoms with E-state index in [1.807, 2.05) is 37.3 Å². The van der Waals surface area contributed by atoms with Crippen LogP contribution in [0.3, 0.4) is 0 Å². The van der Waals surface area contributed by atoms with Crippen LogP contribution >= 0.6 is 0 Å². The van der Waals surface area contributed by atoms with Gasteiger partial charge in [-0.15, -0.1) is 0 Å². The van der Waals surface area contributed by atoms with Crippen LogP contribution < -0.4 is 10.6 Å². The molecule has 0 bridgehead atoms. The van der Waals surface area contributed by atoms with E-state index < -0.39 is 0 Å². The third kappa shape index (κ3) is 2.65. The van der Waals surface area contributed by atoms with Crippen molar-refractivity contribution >= 4 is 11.6 Å². The first-order valence-electron chi connectivity index (χ1n) is 7.07. The molecule has 3 rings (SSSR count). The topological polar surface area (TPSA) is 44.4 Å². The molecule has 2 fully saturated rings. The molecule has 0 saturated carbocycles. The normalized spacial score (nSPS) is 28.1. The third-order valence-corrected chi connectivity index (χ3v) is 4.36. The Balaban J connectivity index is 1.58. The average molecular weight is 259 g/mol. The van der Waals surface area contributed by atoms with Crippen LogP contribution in [0.25, 0.3) is 0 Å². The van der Waals surface area contributed by atoms with Gasteiger partial charge in [-0.1, -0.05) is 18.2 Å². The maximum atomic E-state index is 12.2. The van der Waals surface area contributed by atoms with Gasteiger partial charge in [0.15, 0.2) is 0 Å². The summed E-state index contributed by atoms with van der Waals surface area (Å²) in [6.07, 6.45) is 1.24. The number of para-hydroxylation sites is 1. The van der Waals surface area contributed by atoms with Gasteiger partial charge in [0.25, 0.3) is 0 Å². The van der Waals surface area contributed by atoms with Gasteiger partial charge in [0.05, 0.1) is 6.04 Å². The molecule has 0 aliphatic carbocycles. The largest absolute Gasteiger partial charge is 0.325 e. The molecule has 1 aromatic rings. The summed E-state index contributed by atoms with van der Waals surface area (Å²) < 4.78 is 0. The number of benzene rings is 1. The lowest BCUT2D eigenvalue weighted by Crippen LogP contribution is -2.42. The highest BCUT2D eigenvalue weighted by atomic mass is 16.2. The smallest absolute Gasteiger partial charge is 0.241 e. The lowest BCUT2D eigenvalue weighted by atomic mass is 10.1. The summed E-state index contributed by atoms with van der Waals surface area (Å²) in [4.78, 5) is 14.5. The second-order valence-corrected chi connectivity index (χ2v) is 5.59. The minimum absolute atomic E-state index is 0.0624. The van der Waals surface area contributed by atoms with E-state index >= 15 is 0 Å². The maximum Gasteiger partial charge on any atom is 0.241 e.